The molecular formula is C30H25N5O. The van der Waals surface area contributed by atoms with Crippen molar-refractivity contribution in [1.29, 1.82) is 0 Å². The zero-order valence-corrected chi connectivity index (χ0v) is 19.8. The molecule has 0 aliphatic rings. The Labute approximate surface area is 208 Å². The molecule has 0 saturated carbocycles. The van der Waals surface area contributed by atoms with Gasteiger partial charge in [-0.3, -0.25) is 9.78 Å². The van der Waals surface area contributed by atoms with Gasteiger partial charge in [0.2, 0.25) is 0 Å². The topological polar surface area (TPSA) is 86.5 Å². The fraction of sp³-hybridized carbons (Fsp3) is 0.100. The molecule has 176 valence electrons. The van der Waals surface area contributed by atoms with Crippen LogP contribution in [0.1, 0.15) is 38.8 Å². The third-order valence-corrected chi connectivity index (χ3v) is 6.70. The van der Waals surface area contributed by atoms with Crippen molar-refractivity contribution in [3.63, 3.8) is 0 Å². The predicted octanol–water partition coefficient (Wildman–Crippen LogP) is 6.37. The third-order valence-electron chi connectivity index (χ3n) is 6.70. The van der Waals surface area contributed by atoms with E-state index in [0.717, 1.165) is 28.0 Å². The van der Waals surface area contributed by atoms with E-state index in [4.69, 9.17) is 0 Å². The molecule has 0 fully saturated rings. The summed E-state index contributed by atoms with van der Waals surface area (Å²) in [5, 5.41) is 5.46. The average molecular weight is 472 g/mol. The van der Waals surface area contributed by atoms with Gasteiger partial charge in [-0.25, -0.2) is 4.98 Å². The third kappa shape index (κ3) is 4.03. The maximum atomic E-state index is 12.9. The van der Waals surface area contributed by atoms with Gasteiger partial charge >= 0.3 is 0 Å². The van der Waals surface area contributed by atoms with Crippen LogP contribution in [-0.2, 0) is 6.42 Å². The Balaban J connectivity index is 1.42. The van der Waals surface area contributed by atoms with Crippen molar-refractivity contribution in [1.82, 2.24) is 19.9 Å². The number of nitrogens with zero attached hydrogens (tertiary/aromatic N) is 2. The minimum atomic E-state index is -0.273. The molecule has 6 nitrogen and oxygen atoms in total. The number of para-hydroxylation sites is 3. The Hall–Kier alpha value is -4.71. The van der Waals surface area contributed by atoms with Crippen LogP contribution >= 0.6 is 0 Å². The maximum Gasteiger partial charge on any atom is 0.275 e. The molecule has 6 aromatic rings. The van der Waals surface area contributed by atoms with E-state index < -0.39 is 0 Å². The van der Waals surface area contributed by atoms with Gasteiger partial charge in [0.05, 0.1) is 11.9 Å². The van der Waals surface area contributed by atoms with E-state index in [0.29, 0.717) is 12.1 Å². The zero-order valence-electron chi connectivity index (χ0n) is 19.8. The summed E-state index contributed by atoms with van der Waals surface area (Å²) in [6.07, 6.45) is 8.04. The second-order valence-corrected chi connectivity index (χ2v) is 8.99. The van der Waals surface area contributed by atoms with Gasteiger partial charge in [-0.1, -0.05) is 54.6 Å². The first-order chi connectivity index (χ1) is 17.7. The van der Waals surface area contributed by atoms with Gasteiger partial charge in [-0.2, -0.15) is 0 Å². The lowest BCUT2D eigenvalue weighted by Crippen LogP contribution is -2.16. The number of nitrogens with one attached hydrogen (secondary N) is 3. The Morgan fingerprint density at radius 1 is 0.806 bits per heavy atom. The average Bonchev–Trinajstić information content (AvgIpc) is 3.53. The van der Waals surface area contributed by atoms with Crippen LogP contribution in [0.3, 0.4) is 0 Å². The lowest BCUT2D eigenvalue weighted by atomic mass is 9.85. The van der Waals surface area contributed by atoms with E-state index in [2.05, 4.69) is 80.1 Å². The van der Waals surface area contributed by atoms with Gasteiger partial charge in [-0.05, 0) is 48.2 Å². The largest absolute Gasteiger partial charge is 0.361 e. The number of amides is 1. The first-order valence-electron chi connectivity index (χ1n) is 12.0. The van der Waals surface area contributed by atoms with E-state index in [1.807, 2.05) is 37.3 Å². The number of aryl methyl sites for hydroxylation is 1. The molecule has 0 saturated heterocycles. The van der Waals surface area contributed by atoms with Crippen LogP contribution in [0.5, 0.6) is 0 Å². The Kier molecular flexibility index (Phi) is 5.54. The van der Waals surface area contributed by atoms with Gasteiger partial charge in [0.15, 0.2) is 0 Å². The van der Waals surface area contributed by atoms with Crippen molar-refractivity contribution in [2.24, 2.45) is 0 Å². The summed E-state index contributed by atoms with van der Waals surface area (Å²) in [5.41, 5.74) is 7.55. The molecule has 6 rings (SSSR count). The molecule has 0 bridgehead atoms. The molecular weight excluding hydrogens is 446 g/mol. The van der Waals surface area contributed by atoms with Crippen LogP contribution in [-0.4, -0.2) is 25.8 Å². The first kappa shape index (κ1) is 21.8. The van der Waals surface area contributed by atoms with Gasteiger partial charge in [0.1, 0.15) is 5.69 Å². The molecule has 0 aliphatic carbocycles. The molecule has 0 aliphatic heterocycles. The smallest absolute Gasteiger partial charge is 0.275 e. The highest BCUT2D eigenvalue weighted by Gasteiger charge is 2.23. The number of hydrogen-bond acceptors (Lipinski definition) is 3. The van der Waals surface area contributed by atoms with Crippen molar-refractivity contribution in [3.8, 4) is 0 Å². The molecule has 0 radical (unpaired) electrons. The predicted molar refractivity (Wildman–Crippen MR) is 143 cm³/mol. The zero-order chi connectivity index (χ0) is 24.5. The molecule has 3 aromatic heterocycles. The number of benzene rings is 3. The Morgan fingerprint density at radius 2 is 1.42 bits per heavy atom. The lowest BCUT2D eigenvalue weighted by Gasteiger charge is -2.19. The molecule has 0 atom stereocenters. The van der Waals surface area contributed by atoms with Crippen molar-refractivity contribution < 1.29 is 4.79 Å². The molecule has 1 amide bonds. The summed E-state index contributed by atoms with van der Waals surface area (Å²) in [4.78, 5) is 28.3. The molecule has 3 aromatic carbocycles. The number of anilines is 1. The van der Waals surface area contributed by atoms with E-state index in [9.17, 15) is 4.79 Å². The van der Waals surface area contributed by atoms with E-state index in [1.54, 1.807) is 6.20 Å². The number of carbonyl (C=O) groups is 1. The number of hydrogen-bond donors (Lipinski definition) is 3. The second-order valence-electron chi connectivity index (χ2n) is 8.99. The standard InChI is InChI=1S/C30H25N5O/c1-19-15-32-29(18-31-19)30(36)35-26-11-5-2-8-20(26)14-23(24-16-33-27-12-6-3-9-21(24)27)25-17-34-28-13-7-4-10-22(25)28/h2-13,15-18,23,33-34H,14H2,1H3,(H,35,36). The SMILES string of the molecule is Cc1cnc(C(=O)Nc2ccccc2CC(c2c[nH]c3ccccc23)c2c[nH]c3ccccc23)cn1. The normalized spacial score (nSPS) is 11.4. The van der Waals surface area contributed by atoms with Crippen molar-refractivity contribution in [3.05, 3.63) is 126 Å². The molecule has 0 unspecified atom stereocenters. The van der Waals surface area contributed by atoms with Crippen LogP contribution in [0.15, 0.2) is 97.6 Å². The fourth-order valence-corrected chi connectivity index (χ4v) is 4.89. The van der Waals surface area contributed by atoms with Crippen LogP contribution in [0.25, 0.3) is 21.8 Å². The van der Waals surface area contributed by atoms with Crippen molar-refractivity contribution in [2.75, 3.05) is 5.32 Å². The number of aromatic nitrogens is 4. The number of fused-ring (bicyclic) bond motifs is 2. The van der Waals surface area contributed by atoms with Crippen LogP contribution < -0.4 is 5.32 Å². The first-order valence-corrected chi connectivity index (χ1v) is 12.0. The van der Waals surface area contributed by atoms with E-state index >= 15 is 0 Å². The summed E-state index contributed by atoms with van der Waals surface area (Å²) in [6.45, 7) is 1.85. The molecule has 3 N–H and O–H groups in total. The molecule has 3 heterocycles. The minimum Gasteiger partial charge on any atom is -0.361 e. The van der Waals surface area contributed by atoms with Crippen molar-refractivity contribution in [2.45, 2.75) is 19.3 Å². The number of H-pyrrole nitrogens is 2. The van der Waals surface area contributed by atoms with Gasteiger partial charge < -0.3 is 15.3 Å². The lowest BCUT2D eigenvalue weighted by molar-refractivity contribution is 0.102. The number of aromatic amines is 2. The molecule has 36 heavy (non-hydrogen) atoms. The second kappa shape index (κ2) is 9.15. The summed E-state index contributed by atoms with van der Waals surface area (Å²) in [7, 11) is 0. The van der Waals surface area contributed by atoms with Crippen molar-refractivity contribution >= 4 is 33.4 Å². The Morgan fingerprint density at radius 3 is 2.06 bits per heavy atom. The van der Waals surface area contributed by atoms with E-state index in [1.165, 1.54) is 28.1 Å². The van der Waals surface area contributed by atoms with E-state index in [-0.39, 0.29) is 11.8 Å². The summed E-state index contributed by atoms with van der Waals surface area (Å²) in [5.74, 6) is -0.208. The van der Waals surface area contributed by atoms with Crippen LogP contribution in [0.4, 0.5) is 5.69 Å². The number of carbonyl (C=O) groups excluding carboxylic acids is 1. The van der Waals surface area contributed by atoms with Gasteiger partial charge in [-0.15, -0.1) is 0 Å². The van der Waals surface area contributed by atoms with Gasteiger partial charge in [0, 0.05) is 52.0 Å². The maximum absolute atomic E-state index is 12.9. The molecule has 0 spiro atoms. The summed E-state index contributed by atoms with van der Waals surface area (Å²) in [6, 6.07) is 24.7. The summed E-state index contributed by atoms with van der Waals surface area (Å²) >= 11 is 0. The monoisotopic (exact) mass is 471 g/mol. The number of rotatable bonds is 6. The highest BCUT2D eigenvalue weighted by molar-refractivity contribution is 6.03. The van der Waals surface area contributed by atoms with Crippen LogP contribution in [0.2, 0.25) is 0 Å². The summed E-state index contributed by atoms with van der Waals surface area (Å²) < 4.78 is 0. The highest BCUT2D eigenvalue weighted by atomic mass is 16.1. The van der Waals surface area contributed by atoms with Crippen LogP contribution in [0, 0.1) is 6.92 Å². The fourth-order valence-electron chi connectivity index (χ4n) is 4.89. The quantitative estimate of drug-likeness (QED) is 0.264. The Bertz CT molecular complexity index is 1610. The molecule has 6 heteroatoms. The highest BCUT2D eigenvalue weighted by Crippen LogP contribution is 2.38. The minimum absolute atomic E-state index is 0.0644. The van der Waals surface area contributed by atoms with Gasteiger partial charge in [0.25, 0.3) is 5.91 Å².